The molecule has 0 saturated carbocycles. The maximum absolute atomic E-state index is 12.5. The van der Waals surface area contributed by atoms with Crippen molar-refractivity contribution >= 4 is 28.8 Å². The summed E-state index contributed by atoms with van der Waals surface area (Å²) in [7, 11) is 0. The number of nitrogens with one attached hydrogen (secondary N) is 1. The fourth-order valence-corrected chi connectivity index (χ4v) is 2.59. The van der Waals surface area contributed by atoms with E-state index in [-0.39, 0.29) is 22.3 Å². The van der Waals surface area contributed by atoms with Crippen molar-refractivity contribution in [3.05, 3.63) is 53.1 Å². The van der Waals surface area contributed by atoms with Gasteiger partial charge in [-0.2, -0.15) is 10.4 Å². The number of anilines is 1. The molecule has 1 atom stereocenters. The van der Waals surface area contributed by atoms with Crippen LogP contribution >= 0.6 is 11.6 Å². The van der Waals surface area contributed by atoms with Crippen LogP contribution in [-0.2, 0) is 4.79 Å². The topological polar surface area (TPSA) is 65.2 Å². The molecule has 1 N–H and O–H groups in total. The average Bonchev–Trinajstić information content (AvgIpc) is 2.55. The molecule has 4 nitrogen and oxygen atoms in total. The lowest BCUT2D eigenvalue weighted by Gasteiger charge is -2.40. The first-order valence-electron chi connectivity index (χ1n) is 8.10. The molecular formula is C20H22ClN3O. The van der Waals surface area contributed by atoms with Crippen molar-refractivity contribution in [3.8, 4) is 6.07 Å². The van der Waals surface area contributed by atoms with Crippen LogP contribution in [0.3, 0.4) is 0 Å². The number of Topliss-reactive ketones (excluding diaryl/α,β-unsaturated/α-hetero) is 1. The van der Waals surface area contributed by atoms with Gasteiger partial charge in [-0.15, -0.1) is 0 Å². The molecule has 0 bridgehead atoms. The zero-order valence-electron chi connectivity index (χ0n) is 14.9. The molecule has 0 radical (unpaired) electrons. The second kappa shape index (κ2) is 7.25. The van der Waals surface area contributed by atoms with Crippen LogP contribution in [0.25, 0.3) is 0 Å². The normalized spacial score (nSPS) is 20.6. The molecule has 0 aromatic heterocycles. The number of allylic oxidation sites excluding steroid dienone is 4. The number of rotatable bonds is 4. The largest absolute Gasteiger partial charge is 0.286 e. The van der Waals surface area contributed by atoms with Gasteiger partial charge in [0.15, 0.2) is 0 Å². The number of benzene rings is 1. The Morgan fingerprint density at radius 3 is 2.64 bits per heavy atom. The number of carbonyl (C=O) groups is 1. The number of halogens is 1. The molecule has 130 valence electrons. The Hall–Kier alpha value is -2.38. The predicted octanol–water partition coefficient (Wildman–Crippen LogP) is 5.14. The SMILES string of the molecule is CC(C)(C)[C@]1(C)C=CC(C(=O)/C(C#N)=N/Nc2cccc(Cl)c2)=CC1. The molecule has 0 aliphatic heterocycles. The Morgan fingerprint density at radius 2 is 2.12 bits per heavy atom. The highest BCUT2D eigenvalue weighted by Gasteiger charge is 2.36. The van der Waals surface area contributed by atoms with E-state index < -0.39 is 0 Å². The highest BCUT2D eigenvalue weighted by Crippen LogP contribution is 2.45. The van der Waals surface area contributed by atoms with E-state index in [0.29, 0.717) is 16.3 Å². The minimum Gasteiger partial charge on any atom is -0.286 e. The summed E-state index contributed by atoms with van der Waals surface area (Å²) in [5.74, 6) is -0.385. The maximum Gasteiger partial charge on any atom is 0.223 e. The van der Waals surface area contributed by atoms with Gasteiger partial charge in [0.2, 0.25) is 11.5 Å². The summed E-state index contributed by atoms with van der Waals surface area (Å²) >= 11 is 5.90. The summed E-state index contributed by atoms with van der Waals surface area (Å²) in [6, 6.07) is 8.77. The lowest BCUT2D eigenvalue weighted by molar-refractivity contribution is -0.109. The monoisotopic (exact) mass is 355 g/mol. The summed E-state index contributed by atoms with van der Waals surface area (Å²) in [4.78, 5) is 12.5. The predicted molar refractivity (Wildman–Crippen MR) is 103 cm³/mol. The highest BCUT2D eigenvalue weighted by molar-refractivity contribution is 6.51. The van der Waals surface area contributed by atoms with Gasteiger partial charge < -0.3 is 0 Å². The van der Waals surface area contributed by atoms with Gasteiger partial charge in [0.25, 0.3) is 0 Å². The second-order valence-corrected chi connectivity index (χ2v) is 7.82. The van der Waals surface area contributed by atoms with Gasteiger partial charge in [0.05, 0.1) is 5.69 Å². The Morgan fingerprint density at radius 1 is 1.40 bits per heavy atom. The number of carbonyl (C=O) groups excluding carboxylic acids is 1. The van der Waals surface area contributed by atoms with E-state index in [2.05, 4.69) is 44.3 Å². The van der Waals surface area contributed by atoms with Crippen LogP contribution in [-0.4, -0.2) is 11.5 Å². The fourth-order valence-electron chi connectivity index (χ4n) is 2.40. The minimum absolute atomic E-state index is 0.0280. The van der Waals surface area contributed by atoms with Crippen LogP contribution in [0.5, 0.6) is 0 Å². The van der Waals surface area contributed by atoms with Crippen LogP contribution in [0.15, 0.2) is 53.2 Å². The molecule has 2 rings (SSSR count). The second-order valence-electron chi connectivity index (χ2n) is 7.39. The van der Waals surface area contributed by atoms with Crippen LogP contribution in [0.4, 0.5) is 5.69 Å². The molecule has 0 spiro atoms. The Labute approximate surface area is 153 Å². The smallest absolute Gasteiger partial charge is 0.223 e. The van der Waals surface area contributed by atoms with E-state index in [4.69, 9.17) is 11.6 Å². The third-order valence-corrected chi connectivity index (χ3v) is 5.03. The number of hydrazone groups is 1. The zero-order chi connectivity index (χ0) is 18.7. The van der Waals surface area contributed by atoms with E-state index >= 15 is 0 Å². The Kier molecular flexibility index (Phi) is 5.49. The molecule has 1 aromatic rings. The highest BCUT2D eigenvalue weighted by atomic mass is 35.5. The van der Waals surface area contributed by atoms with E-state index in [1.165, 1.54) is 0 Å². The van der Waals surface area contributed by atoms with Crippen molar-refractivity contribution < 1.29 is 4.79 Å². The molecule has 5 heteroatoms. The van der Waals surface area contributed by atoms with E-state index in [1.54, 1.807) is 30.3 Å². The van der Waals surface area contributed by atoms with Crippen molar-refractivity contribution in [1.29, 1.82) is 5.26 Å². The Bertz CT molecular complexity index is 809. The Balaban J connectivity index is 2.15. The first-order chi connectivity index (χ1) is 11.7. The van der Waals surface area contributed by atoms with Crippen molar-refractivity contribution in [2.75, 3.05) is 5.43 Å². The number of hydrogen-bond acceptors (Lipinski definition) is 4. The standard InChI is InChI=1S/C20H22ClN3O/c1-19(2,3)20(4)10-8-14(9-11-20)18(25)17(13-22)24-23-16-7-5-6-15(21)12-16/h5-10,12,23H,11H2,1-4H3/b24-17+/t20-/m1/s1. The molecule has 1 aliphatic carbocycles. The van der Waals surface area contributed by atoms with Crippen molar-refractivity contribution in [3.63, 3.8) is 0 Å². The quantitative estimate of drug-likeness (QED) is 0.600. The van der Waals surface area contributed by atoms with E-state index in [1.807, 2.05) is 12.1 Å². The van der Waals surface area contributed by atoms with Crippen LogP contribution in [0, 0.1) is 22.2 Å². The van der Waals surface area contributed by atoms with Crippen molar-refractivity contribution in [2.24, 2.45) is 15.9 Å². The van der Waals surface area contributed by atoms with Gasteiger partial charge in [0.1, 0.15) is 6.07 Å². The number of ketones is 1. The lowest BCUT2D eigenvalue weighted by atomic mass is 9.64. The third-order valence-electron chi connectivity index (χ3n) is 4.79. The summed E-state index contributed by atoms with van der Waals surface area (Å²) in [5, 5.41) is 13.8. The van der Waals surface area contributed by atoms with Gasteiger partial charge in [0, 0.05) is 10.6 Å². The summed E-state index contributed by atoms with van der Waals surface area (Å²) in [5.41, 5.74) is 3.68. The third kappa shape index (κ3) is 4.37. The van der Waals surface area contributed by atoms with Crippen LogP contribution < -0.4 is 5.43 Å². The molecular weight excluding hydrogens is 334 g/mol. The molecule has 1 aliphatic rings. The molecule has 1 aromatic carbocycles. The van der Waals surface area contributed by atoms with Crippen molar-refractivity contribution in [2.45, 2.75) is 34.1 Å². The van der Waals surface area contributed by atoms with Gasteiger partial charge in [-0.3, -0.25) is 10.2 Å². The van der Waals surface area contributed by atoms with E-state index in [9.17, 15) is 10.1 Å². The van der Waals surface area contributed by atoms with Crippen LogP contribution in [0.2, 0.25) is 5.02 Å². The molecule has 25 heavy (non-hydrogen) atoms. The number of hydrogen-bond donors (Lipinski definition) is 1. The molecule has 0 heterocycles. The molecule has 0 unspecified atom stereocenters. The average molecular weight is 356 g/mol. The van der Waals surface area contributed by atoms with Crippen LogP contribution in [0.1, 0.15) is 34.1 Å². The lowest BCUT2D eigenvalue weighted by Crippen LogP contribution is -2.32. The van der Waals surface area contributed by atoms with Crippen molar-refractivity contribution in [1.82, 2.24) is 0 Å². The maximum atomic E-state index is 12.5. The van der Waals surface area contributed by atoms with Gasteiger partial charge in [-0.05, 0) is 35.4 Å². The summed E-state index contributed by atoms with van der Waals surface area (Å²) < 4.78 is 0. The number of nitriles is 1. The summed E-state index contributed by atoms with van der Waals surface area (Å²) in [6.45, 7) is 8.69. The van der Waals surface area contributed by atoms with E-state index in [0.717, 1.165) is 6.42 Å². The molecule has 0 saturated heterocycles. The number of nitrogens with zero attached hydrogens (tertiary/aromatic N) is 2. The first kappa shape index (κ1) is 19.0. The molecule has 0 amide bonds. The van der Waals surface area contributed by atoms with Gasteiger partial charge >= 0.3 is 0 Å². The van der Waals surface area contributed by atoms with Gasteiger partial charge in [-0.25, -0.2) is 0 Å². The van der Waals surface area contributed by atoms with Gasteiger partial charge in [-0.1, -0.05) is 63.6 Å². The molecule has 0 fully saturated rings. The first-order valence-corrected chi connectivity index (χ1v) is 8.47. The summed E-state index contributed by atoms with van der Waals surface area (Å²) in [6.07, 6.45) is 6.48. The fraction of sp³-hybridized carbons (Fsp3) is 0.350. The minimum atomic E-state index is -0.385. The zero-order valence-corrected chi connectivity index (χ0v) is 15.7.